The number of hydrogen-bond donors (Lipinski definition) is 1. The Morgan fingerprint density at radius 1 is 1.07 bits per heavy atom. The number of carbonyl (C=O) groups excluding carboxylic acids is 3. The summed E-state index contributed by atoms with van der Waals surface area (Å²) in [6, 6.07) is 9.41. The molecule has 2 aromatic carbocycles. The van der Waals surface area contributed by atoms with Gasteiger partial charge in [0.15, 0.2) is 0 Å². The molecule has 5 nitrogen and oxygen atoms in total. The summed E-state index contributed by atoms with van der Waals surface area (Å²) >= 11 is 6.32. The number of aryl methyl sites for hydroxylation is 2. The molecule has 1 aliphatic rings. The van der Waals surface area contributed by atoms with Gasteiger partial charge in [-0.3, -0.25) is 19.3 Å². The Balaban J connectivity index is 1.95. The zero-order valence-electron chi connectivity index (χ0n) is 16.4. The van der Waals surface area contributed by atoms with E-state index in [1.54, 1.807) is 30.3 Å². The lowest BCUT2D eigenvalue weighted by molar-refractivity contribution is -0.120. The van der Waals surface area contributed by atoms with Gasteiger partial charge < -0.3 is 5.32 Å². The van der Waals surface area contributed by atoms with Crippen molar-refractivity contribution in [1.29, 1.82) is 0 Å². The van der Waals surface area contributed by atoms with Gasteiger partial charge >= 0.3 is 0 Å². The van der Waals surface area contributed by atoms with Crippen molar-refractivity contribution >= 4 is 35.0 Å². The first-order chi connectivity index (χ1) is 13.2. The van der Waals surface area contributed by atoms with Crippen LogP contribution in [0.4, 0.5) is 5.69 Å². The first-order valence-electron chi connectivity index (χ1n) is 9.25. The summed E-state index contributed by atoms with van der Waals surface area (Å²) in [6.45, 7) is 7.67. The average Bonchev–Trinajstić information content (AvgIpc) is 2.87. The topological polar surface area (TPSA) is 66.5 Å². The lowest BCUT2D eigenvalue weighted by Crippen LogP contribution is -2.48. The van der Waals surface area contributed by atoms with E-state index in [0.29, 0.717) is 28.3 Å². The van der Waals surface area contributed by atoms with Crippen LogP contribution in [0.15, 0.2) is 36.4 Å². The van der Waals surface area contributed by atoms with E-state index in [1.807, 2.05) is 33.8 Å². The fourth-order valence-corrected chi connectivity index (χ4v) is 3.92. The van der Waals surface area contributed by atoms with Crippen molar-refractivity contribution in [3.05, 3.63) is 63.7 Å². The molecule has 6 heteroatoms. The maximum Gasteiger partial charge on any atom is 0.262 e. The van der Waals surface area contributed by atoms with Crippen LogP contribution in [-0.2, 0) is 4.79 Å². The van der Waals surface area contributed by atoms with Crippen LogP contribution in [-0.4, -0.2) is 28.7 Å². The minimum atomic E-state index is -0.913. The van der Waals surface area contributed by atoms with Crippen molar-refractivity contribution in [2.45, 2.75) is 40.2 Å². The molecule has 3 rings (SSSR count). The van der Waals surface area contributed by atoms with Crippen molar-refractivity contribution < 1.29 is 14.4 Å². The van der Waals surface area contributed by atoms with E-state index in [9.17, 15) is 14.4 Å². The average molecular weight is 399 g/mol. The second-order valence-electron chi connectivity index (χ2n) is 7.60. The number of rotatable bonds is 5. The Kier molecular flexibility index (Phi) is 5.57. The van der Waals surface area contributed by atoms with E-state index in [4.69, 9.17) is 11.6 Å². The summed E-state index contributed by atoms with van der Waals surface area (Å²) in [6.07, 6.45) is 0.361. The minimum absolute atomic E-state index is 0.106. The highest BCUT2D eigenvalue weighted by Gasteiger charge is 2.42. The summed E-state index contributed by atoms with van der Waals surface area (Å²) in [7, 11) is 0. The minimum Gasteiger partial charge on any atom is -0.323 e. The van der Waals surface area contributed by atoms with Crippen LogP contribution in [0.2, 0.25) is 5.02 Å². The maximum atomic E-state index is 13.2. The molecule has 0 aromatic heterocycles. The fourth-order valence-electron chi connectivity index (χ4n) is 3.55. The number of nitrogens with zero attached hydrogens (tertiary/aromatic N) is 1. The van der Waals surface area contributed by atoms with Crippen molar-refractivity contribution in [2.24, 2.45) is 5.92 Å². The number of amides is 3. The van der Waals surface area contributed by atoms with E-state index < -0.39 is 23.8 Å². The number of benzene rings is 2. The van der Waals surface area contributed by atoms with Crippen molar-refractivity contribution in [1.82, 2.24) is 4.90 Å². The molecule has 146 valence electrons. The molecule has 0 aliphatic carbocycles. The number of carbonyl (C=O) groups is 3. The van der Waals surface area contributed by atoms with E-state index in [0.717, 1.165) is 16.0 Å². The van der Waals surface area contributed by atoms with Gasteiger partial charge in [-0.05, 0) is 55.5 Å². The third kappa shape index (κ3) is 3.67. The van der Waals surface area contributed by atoms with Gasteiger partial charge in [0.2, 0.25) is 5.91 Å². The summed E-state index contributed by atoms with van der Waals surface area (Å²) in [4.78, 5) is 40.0. The van der Waals surface area contributed by atoms with Gasteiger partial charge in [0.05, 0.1) is 21.8 Å². The molecule has 0 saturated heterocycles. The maximum absolute atomic E-state index is 13.2. The molecule has 0 spiro atoms. The Bertz CT molecular complexity index is 910. The van der Waals surface area contributed by atoms with E-state index in [1.165, 1.54) is 0 Å². The molecule has 0 fully saturated rings. The molecule has 2 aromatic rings. The summed E-state index contributed by atoms with van der Waals surface area (Å²) < 4.78 is 0. The monoisotopic (exact) mass is 398 g/mol. The lowest BCUT2D eigenvalue weighted by atomic mass is 10.0. The number of imide groups is 1. The molecule has 1 heterocycles. The standard InChI is InChI=1S/C22H23ClN2O3/c1-12(2)9-18(20(26)24-19-14(4)10-13(3)11-17(19)23)25-21(27)15-7-5-6-8-16(15)22(25)28/h5-8,10-12,18H,9H2,1-4H3,(H,24,26). The highest BCUT2D eigenvalue weighted by atomic mass is 35.5. The van der Waals surface area contributed by atoms with Gasteiger partial charge in [0.25, 0.3) is 11.8 Å². The highest BCUT2D eigenvalue weighted by Crippen LogP contribution is 2.30. The first-order valence-corrected chi connectivity index (χ1v) is 9.63. The molecule has 0 saturated carbocycles. The SMILES string of the molecule is Cc1cc(C)c(NC(=O)C(CC(C)C)N2C(=O)c3ccccc3C2=O)c(Cl)c1. The van der Waals surface area contributed by atoms with Crippen LogP contribution < -0.4 is 5.32 Å². The van der Waals surface area contributed by atoms with Gasteiger partial charge in [-0.15, -0.1) is 0 Å². The Morgan fingerprint density at radius 2 is 1.64 bits per heavy atom. The van der Waals surface area contributed by atoms with Crippen LogP contribution in [0.3, 0.4) is 0 Å². The smallest absolute Gasteiger partial charge is 0.262 e. The molecule has 0 radical (unpaired) electrons. The van der Waals surface area contributed by atoms with Crippen LogP contribution >= 0.6 is 11.6 Å². The quantitative estimate of drug-likeness (QED) is 0.748. The van der Waals surface area contributed by atoms with Gasteiger partial charge in [-0.2, -0.15) is 0 Å². The lowest BCUT2D eigenvalue weighted by Gasteiger charge is -2.27. The second kappa shape index (κ2) is 7.76. The Labute approximate surface area is 169 Å². The zero-order chi connectivity index (χ0) is 20.6. The third-order valence-electron chi connectivity index (χ3n) is 4.81. The van der Waals surface area contributed by atoms with Gasteiger partial charge in [0.1, 0.15) is 6.04 Å². The Morgan fingerprint density at radius 3 is 2.14 bits per heavy atom. The number of hydrogen-bond acceptors (Lipinski definition) is 3. The van der Waals surface area contributed by atoms with E-state index >= 15 is 0 Å². The number of nitrogens with one attached hydrogen (secondary N) is 1. The Hall–Kier alpha value is -2.66. The van der Waals surface area contributed by atoms with Gasteiger partial charge in [-0.1, -0.05) is 43.6 Å². The number of halogens is 1. The molecule has 1 atom stereocenters. The van der Waals surface area contributed by atoms with Gasteiger partial charge in [-0.25, -0.2) is 0 Å². The number of anilines is 1. The first kappa shape index (κ1) is 20.1. The van der Waals surface area contributed by atoms with Gasteiger partial charge in [0, 0.05) is 0 Å². The van der Waals surface area contributed by atoms with Crippen LogP contribution in [0.25, 0.3) is 0 Å². The highest BCUT2D eigenvalue weighted by molar-refractivity contribution is 6.34. The molecule has 0 bridgehead atoms. The van der Waals surface area contributed by atoms with Crippen molar-refractivity contribution in [3.8, 4) is 0 Å². The molecule has 1 unspecified atom stereocenters. The fraction of sp³-hybridized carbons (Fsp3) is 0.318. The predicted molar refractivity (Wildman–Crippen MR) is 110 cm³/mol. The van der Waals surface area contributed by atoms with Crippen LogP contribution in [0, 0.1) is 19.8 Å². The normalized spacial score (nSPS) is 14.4. The van der Waals surface area contributed by atoms with E-state index in [-0.39, 0.29) is 5.92 Å². The van der Waals surface area contributed by atoms with Crippen molar-refractivity contribution in [3.63, 3.8) is 0 Å². The molecular formula is C22H23ClN2O3. The molecular weight excluding hydrogens is 376 g/mol. The largest absolute Gasteiger partial charge is 0.323 e. The molecule has 1 N–H and O–H groups in total. The van der Waals surface area contributed by atoms with E-state index in [2.05, 4.69) is 5.32 Å². The number of fused-ring (bicyclic) bond motifs is 1. The summed E-state index contributed by atoms with van der Waals surface area (Å²) in [5, 5.41) is 3.27. The summed E-state index contributed by atoms with van der Waals surface area (Å²) in [5.41, 5.74) is 2.98. The molecule has 3 amide bonds. The van der Waals surface area contributed by atoms with Crippen molar-refractivity contribution in [2.75, 3.05) is 5.32 Å². The molecule has 28 heavy (non-hydrogen) atoms. The van der Waals surface area contributed by atoms with Crippen LogP contribution in [0.1, 0.15) is 52.1 Å². The zero-order valence-corrected chi connectivity index (χ0v) is 17.1. The molecule has 1 aliphatic heterocycles. The second-order valence-corrected chi connectivity index (χ2v) is 8.01. The van der Waals surface area contributed by atoms with Crippen LogP contribution in [0.5, 0.6) is 0 Å². The third-order valence-corrected chi connectivity index (χ3v) is 5.11. The summed E-state index contributed by atoms with van der Waals surface area (Å²) in [5.74, 6) is -1.19. The predicted octanol–water partition coefficient (Wildman–Crippen LogP) is 4.61.